The minimum atomic E-state index is 0.148. The van der Waals surface area contributed by atoms with E-state index in [1.807, 2.05) is 29.2 Å². The molecule has 0 spiro atoms. The Morgan fingerprint density at radius 2 is 2.00 bits per heavy atom. The van der Waals surface area contributed by atoms with Crippen molar-refractivity contribution < 1.29 is 4.79 Å². The van der Waals surface area contributed by atoms with Gasteiger partial charge < -0.3 is 10.2 Å². The number of likely N-dealkylation sites (tertiary alicyclic amines) is 1. The number of carbonyl (C=O) groups excluding carboxylic acids is 1. The van der Waals surface area contributed by atoms with Crippen LogP contribution in [0.1, 0.15) is 44.5 Å². The van der Waals surface area contributed by atoms with Crippen LogP contribution in [0.3, 0.4) is 0 Å². The van der Waals surface area contributed by atoms with E-state index in [9.17, 15) is 4.79 Å². The number of carbonyl (C=O) groups is 1. The highest BCUT2D eigenvalue weighted by molar-refractivity contribution is 5.99. The minimum absolute atomic E-state index is 0.148. The predicted octanol–water partition coefficient (Wildman–Crippen LogP) is 3.38. The van der Waals surface area contributed by atoms with E-state index in [4.69, 9.17) is 0 Å². The summed E-state index contributed by atoms with van der Waals surface area (Å²) >= 11 is 0. The number of amides is 1. The zero-order chi connectivity index (χ0) is 14.0. The van der Waals surface area contributed by atoms with Crippen molar-refractivity contribution in [1.29, 1.82) is 0 Å². The molecule has 1 aromatic rings. The van der Waals surface area contributed by atoms with Gasteiger partial charge in [0.05, 0.1) is 5.56 Å². The number of para-hydroxylation sites is 1. The average molecular weight is 260 g/mol. The maximum absolute atomic E-state index is 12.6. The van der Waals surface area contributed by atoms with Crippen LogP contribution in [-0.2, 0) is 0 Å². The topological polar surface area (TPSA) is 32.3 Å². The fraction of sp³-hybridized carbons (Fsp3) is 0.562. The second-order valence-electron chi connectivity index (χ2n) is 6.49. The molecule has 2 rings (SSSR count). The van der Waals surface area contributed by atoms with Gasteiger partial charge in [-0.1, -0.05) is 26.0 Å². The molecule has 0 bridgehead atoms. The molecule has 3 heteroatoms. The number of hydrogen-bond acceptors (Lipinski definition) is 2. The first-order valence-electron chi connectivity index (χ1n) is 7.04. The van der Waals surface area contributed by atoms with Crippen LogP contribution in [-0.4, -0.2) is 29.9 Å². The largest absolute Gasteiger partial charge is 0.382 e. The summed E-state index contributed by atoms with van der Waals surface area (Å²) in [6.45, 7) is 10.3. The predicted molar refractivity (Wildman–Crippen MR) is 79.5 cm³/mol. The molecule has 0 unspecified atom stereocenters. The van der Waals surface area contributed by atoms with Gasteiger partial charge in [-0.15, -0.1) is 0 Å². The van der Waals surface area contributed by atoms with Crippen LogP contribution in [0.25, 0.3) is 0 Å². The van der Waals surface area contributed by atoms with E-state index in [1.54, 1.807) is 0 Å². The molecule has 1 N–H and O–H groups in total. The minimum Gasteiger partial charge on any atom is -0.382 e. The van der Waals surface area contributed by atoms with E-state index in [0.29, 0.717) is 6.04 Å². The first kappa shape index (κ1) is 13.9. The second kappa shape index (κ2) is 5.24. The van der Waals surface area contributed by atoms with E-state index < -0.39 is 0 Å². The van der Waals surface area contributed by atoms with Gasteiger partial charge in [0.2, 0.25) is 0 Å². The average Bonchev–Trinajstić information content (AvgIpc) is 2.69. The van der Waals surface area contributed by atoms with Crippen LogP contribution in [0.2, 0.25) is 0 Å². The van der Waals surface area contributed by atoms with Gasteiger partial charge in [0.25, 0.3) is 5.91 Å². The summed E-state index contributed by atoms with van der Waals surface area (Å²) in [5.74, 6) is 0.148. The smallest absolute Gasteiger partial charge is 0.255 e. The molecule has 1 fully saturated rings. The molecule has 3 nitrogen and oxygen atoms in total. The standard InChI is InChI=1S/C16H24N2O/c1-12(2)17-14-8-6-5-7-13(14)15(19)18-10-9-16(3,4)11-18/h5-8,12,17H,9-11H2,1-4H3. The summed E-state index contributed by atoms with van der Waals surface area (Å²) in [7, 11) is 0. The zero-order valence-electron chi connectivity index (χ0n) is 12.4. The van der Waals surface area contributed by atoms with Crippen LogP contribution in [0.15, 0.2) is 24.3 Å². The summed E-state index contributed by atoms with van der Waals surface area (Å²) in [6, 6.07) is 8.12. The Morgan fingerprint density at radius 3 is 2.58 bits per heavy atom. The number of rotatable bonds is 3. The lowest BCUT2D eigenvalue weighted by molar-refractivity contribution is 0.0779. The Balaban J connectivity index is 2.20. The summed E-state index contributed by atoms with van der Waals surface area (Å²) in [5, 5.41) is 3.35. The number of benzene rings is 1. The molecule has 0 atom stereocenters. The fourth-order valence-corrected chi connectivity index (χ4v) is 2.56. The number of anilines is 1. The lowest BCUT2D eigenvalue weighted by Gasteiger charge is -2.22. The third-order valence-corrected chi connectivity index (χ3v) is 3.57. The van der Waals surface area contributed by atoms with Crippen molar-refractivity contribution in [3.63, 3.8) is 0 Å². The van der Waals surface area contributed by atoms with Crippen molar-refractivity contribution >= 4 is 11.6 Å². The van der Waals surface area contributed by atoms with Crippen molar-refractivity contribution in [1.82, 2.24) is 4.90 Å². The van der Waals surface area contributed by atoms with Gasteiger partial charge in [-0.2, -0.15) is 0 Å². The van der Waals surface area contributed by atoms with E-state index in [0.717, 1.165) is 30.8 Å². The number of hydrogen-bond donors (Lipinski definition) is 1. The van der Waals surface area contributed by atoms with Gasteiger partial charge >= 0.3 is 0 Å². The Bertz CT molecular complexity index is 466. The molecule has 19 heavy (non-hydrogen) atoms. The maximum atomic E-state index is 12.6. The van der Waals surface area contributed by atoms with Crippen molar-refractivity contribution in [2.24, 2.45) is 5.41 Å². The van der Waals surface area contributed by atoms with E-state index >= 15 is 0 Å². The van der Waals surface area contributed by atoms with Crippen LogP contribution in [0.5, 0.6) is 0 Å². The Morgan fingerprint density at radius 1 is 1.32 bits per heavy atom. The molecule has 1 heterocycles. The molecular weight excluding hydrogens is 236 g/mol. The molecule has 1 aliphatic heterocycles. The summed E-state index contributed by atoms with van der Waals surface area (Å²) in [6.07, 6.45) is 1.08. The van der Waals surface area contributed by atoms with Gasteiger partial charge in [-0.3, -0.25) is 4.79 Å². The summed E-state index contributed by atoms with van der Waals surface area (Å²) in [5.41, 5.74) is 1.97. The lowest BCUT2D eigenvalue weighted by Crippen LogP contribution is -2.31. The van der Waals surface area contributed by atoms with Crippen molar-refractivity contribution in [2.75, 3.05) is 18.4 Å². The molecule has 1 amide bonds. The highest BCUT2D eigenvalue weighted by atomic mass is 16.2. The van der Waals surface area contributed by atoms with Crippen LogP contribution in [0, 0.1) is 5.41 Å². The van der Waals surface area contributed by atoms with Crippen molar-refractivity contribution in [3.05, 3.63) is 29.8 Å². The summed E-state index contributed by atoms with van der Waals surface area (Å²) < 4.78 is 0. The second-order valence-corrected chi connectivity index (χ2v) is 6.49. The van der Waals surface area contributed by atoms with Gasteiger partial charge in [-0.05, 0) is 37.8 Å². The fourth-order valence-electron chi connectivity index (χ4n) is 2.56. The lowest BCUT2D eigenvalue weighted by atomic mass is 9.93. The molecule has 0 aromatic heterocycles. The van der Waals surface area contributed by atoms with Gasteiger partial charge in [-0.25, -0.2) is 0 Å². The monoisotopic (exact) mass is 260 g/mol. The third kappa shape index (κ3) is 3.28. The molecule has 1 aromatic carbocycles. The molecule has 0 radical (unpaired) electrons. The molecule has 1 aliphatic rings. The van der Waals surface area contributed by atoms with Crippen LogP contribution in [0.4, 0.5) is 5.69 Å². The quantitative estimate of drug-likeness (QED) is 0.903. The highest BCUT2D eigenvalue weighted by Gasteiger charge is 2.33. The molecule has 1 saturated heterocycles. The Labute approximate surface area is 116 Å². The van der Waals surface area contributed by atoms with Gasteiger partial charge in [0.1, 0.15) is 0 Å². The van der Waals surface area contributed by atoms with Gasteiger partial charge in [0.15, 0.2) is 0 Å². The summed E-state index contributed by atoms with van der Waals surface area (Å²) in [4.78, 5) is 14.6. The van der Waals surface area contributed by atoms with E-state index in [2.05, 4.69) is 33.0 Å². The molecular formula is C16H24N2O. The van der Waals surface area contributed by atoms with Gasteiger partial charge in [0, 0.05) is 24.8 Å². The van der Waals surface area contributed by atoms with Crippen molar-refractivity contribution in [2.45, 2.75) is 40.2 Å². The van der Waals surface area contributed by atoms with E-state index in [-0.39, 0.29) is 11.3 Å². The Kier molecular flexibility index (Phi) is 3.83. The van der Waals surface area contributed by atoms with E-state index in [1.165, 1.54) is 0 Å². The first-order valence-corrected chi connectivity index (χ1v) is 7.04. The van der Waals surface area contributed by atoms with Crippen LogP contribution >= 0.6 is 0 Å². The third-order valence-electron chi connectivity index (χ3n) is 3.57. The molecule has 104 valence electrons. The number of nitrogens with one attached hydrogen (secondary N) is 1. The normalized spacial score (nSPS) is 17.8. The molecule has 0 aliphatic carbocycles. The van der Waals surface area contributed by atoms with Crippen LogP contribution < -0.4 is 5.32 Å². The zero-order valence-corrected chi connectivity index (χ0v) is 12.4. The SMILES string of the molecule is CC(C)Nc1ccccc1C(=O)N1CCC(C)(C)C1. The number of nitrogens with zero attached hydrogens (tertiary/aromatic N) is 1. The Hall–Kier alpha value is -1.51. The van der Waals surface area contributed by atoms with Crippen molar-refractivity contribution in [3.8, 4) is 0 Å². The maximum Gasteiger partial charge on any atom is 0.255 e. The first-order chi connectivity index (χ1) is 8.89. The molecule has 0 saturated carbocycles. The highest BCUT2D eigenvalue weighted by Crippen LogP contribution is 2.30.